The van der Waals surface area contributed by atoms with Gasteiger partial charge in [-0.25, -0.2) is 0 Å². The number of rotatable bonds is 3. The summed E-state index contributed by atoms with van der Waals surface area (Å²) >= 11 is 0. The number of likely N-dealkylation sites (tertiary alicyclic amines) is 1. The molecule has 3 nitrogen and oxygen atoms in total. The normalized spacial score (nSPS) is 41.0. The first kappa shape index (κ1) is 8.48. The molecule has 1 aliphatic carbocycles. The van der Waals surface area contributed by atoms with Crippen molar-refractivity contribution in [2.75, 3.05) is 26.7 Å². The van der Waals surface area contributed by atoms with Crippen molar-refractivity contribution in [1.82, 2.24) is 10.2 Å². The Morgan fingerprint density at radius 3 is 2.83 bits per heavy atom. The number of nitrogens with zero attached hydrogens (tertiary/aromatic N) is 1. The number of fused-ring (bicyclic) bond motifs is 2. The largest absolute Gasteiger partial charge is 0.395 e. The van der Waals surface area contributed by atoms with Crippen LogP contribution in [0.4, 0.5) is 0 Å². The number of hydrogen-bond acceptors (Lipinski definition) is 3. The molecule has 0 aromatic rings. The summed E-state index contributed by atoms with van der Waals surface area (Å²) in [6.07, 6.45) is 2.64. The highest BCUT2D eigenvalue weighted by molar-refractivity contribution is 4.99. The fourth-order valence-electron chi connectivity index (χ4n) is 2.68. The number of hydrogen-bond donors (Lipinski definition) is 2. The van der Waals surface area contributed by atoms with E-state index < -0.39 is 0 Å². The van der Waals surface area contributed by atoms with Gasteiger partial charge in [0, 0.05) is 25.2 Å². The first-order valence-electron chi connectivity index (χ1n) is 4.85. The first-order chi connectivity index (χ1) is 5.81. The van der Waals surface area contributed by atoms with Gasteiger partial charge in [-0.15, -0.1) is 0 Å². The Balaban J connectivity index is 1.82. The van der Waals surface area contributed by atoms with E-state index in [9.17, 15) is 0 Å². The van der Waals surface area contributed by atoms with Crippen molar-refractivity contribution >= 4 is 0 Å². The summed E-state index contributed by atoms with van der Waals surface area (Å²) in [6, 6.07) is 1.49. The van der Waals surface area contributed by atoms with E-state index in [2.05, 4.69) is 17.3 Å². The van der Waals surface area contributed by atoms with Gasteiger partial charge in [0.1, 0.15) is 0 Å². The van der Waals surface area contributed by atoms with Crippen molar-refractivity contribution in [3.05, 3.63) is 0 Å². The summed E-state index contributed by atoms with van der Waals surface area (Å²) in [5.41, 5.74) is 0. The Morgan fingerprint density at radius 1 is 1.50 bits per heavy atom. The average molecular weight is 170 g/mol. The third-order valence-electron chi connectivity index (χ3n) is 3.33. The van der Waals surface area contributed by atoms with E-state index in [1.165, 1.54) is 19.4 Å². The summed E-state index contributed by atoms with van der Waals surface area (Å²) in [7, 11) is 2.22. The van der Waals surface area contributed by atoms with Gasteiger partial charge in [0.2, 0.25) is 0 Å². The Hall–Kier alpha value is -0.120. The van der Waals surface area contributed by atoms with Crippen LogP contribution in [0.25, 0.3) is 0 Å². The Labute approximate surface area is 73.8 Å². The molecular weight excluding hydrogens is 152 g/mol. The molecule has 2 N–H and O–H groups in total. The summed E-state index contributed by atoms with van der Waals surface area (Å²) in [4.78, 5) is 2.46. The van der Waals surface area contributed by atoms with Gasteiger partial charge in [-0.3, -0.25) is 0 Å². The lowest BCUT2D eigenvalue weighted by atomic mass is 10.0. The maximum Gasteiger partial charge on any atom is 0.0556 e. The molecule has 2 aliphatic rings. The maximum atomic E-state index is 8.68. The lowest BCUT2D eigenvalue weighted by molar-refractivity contribution is 0.212. The molecule has 2 fully saturated rings. The molecule has 0 amide bonds. The second kappa shape index (κ2) is 3.32. The van der Waals surface area contributed by atoms with Crippen molar-refractivity contribution in [2.45, 2.75) is 24.9 Å². The topological polar surface area (TPSA) is 35.5 Å². The van der Waals surface area contributed by atoms with Gasteiger partial charge in [-0.1, -0.05) is 0 Å². The first-order valence-corrected chi connectivity index (χ1v) is 4.85. The third-order valence-corrected chi connectivity index (χ3v) is 3.33. The predicted octanol–water partition coefficient (Wildman–Crippen LogP) is -0.339. The third kappa shape index (κ3) is 1.37. The monoisotopic (exact) mass is 170 g/mol. The van der Waals surface area contributed by atoms with Crippen LogP contribution < -0.4 is 5.32 Å². The summed E-state index contributed by atoms with van der Waals surface area (Å²) < 4.78 is 0. The van der Waals surface area contributed by atoms with E-state index in [1.807, 2.05) is 0 Å². The molecule has 70 valence electrons. The average Bonchev–Trinajstić information content (AvgIpc) is 2.58. The van der Waals surface area contributed by atoms with Crippen molar-refractivity contribution in [3.63, 3.8) is 0 Å². The molecule has 0 aromatic heterocycles. The Morgan fingerprint density at radius 2 is 2.33 bits per heavy atom. The van der Waals surface area contributed by atoms with Crippen LogP contribution in [0.15, 0.2) is 0 Å². The molecular formula is C9H18N2O. The minimum absolute atomic E-state index is 0.268. The predicted molar refractivity (Wildman–Crippen MR) is 48.0 cm³/mol. The number of aliphatic hydroxyl groups excluding tert-OH is 1. The molecule has 1 aliphatic heterocycles. The molecule has 3 atom stereocenters. The molecule has 0 aromatic carbocycles. The molecule has 1 saturated heterocycles. The van der Waals surface area contributed by atoms with Gasteiger partial charge in [-0.2, -0.15) is 0 Å². The van der Waals surface area contributed by atoms with Gasteiger partial charge in [-0.05, 0) is 25.8 Å². The van der Waals surface area contributed by atoms with Crippen molar-refractivity contribution in [1.29, 1.82) is 0 Å². The smallest absolute Gasteiger partial charge is 0.0556 e. The van der Waals surface area contributed by atoms with Crippen LogP contribution in [-0.4, -0.2) is 48.8 Å². The molecule has 0 spiro atoms. The highest BCUT2D eigenvalue weighted by atomic mass is 16.3. The van der Waals surface area contributed by atoms with Crippen LogP contribution in [0.2, 0.25) is 0 Å². The molecule has 3 heteroatoms. The van der Waals surface area contributed by atoms with Gasteiger partial charge in [0.25, 0.3) is 0 Å². The highest BCUT2D eigenvalue weighted by Gasteiger charge is 2.42. The zero-order valence-corrected chi connectivity index (χ0v) is 7.66. The minimum atomic E-state index is 0.268. The van der Waals surface area contributed by atoms with E-state index in [-0.39, 0.29) is 6.61 Å². The Kier molecular flexibility index (Phi) is 2.35. The second-order valence-electron chi connectivity index (χ2n) is 4.11. The highest BCUT2D eigenvalue weighted by Crippen LogP contribution is 2.36. The van der Waals surface area contributed by atoms with E-state index >= 15 is 0 Å². The van der Waals surface area contributed by atoms with E-state index in [1.54, 1.807) is 0 Å². The van der Waals surface area contributed by atoms with Gasteiger partial charge in [0.05, 0.1) is 6.61 Å². The van der Waals surface area contributed by atoms with Gasteiger partial charge in [0.15, 0.2) is 0 Å². The molecule has 3 unspecified atom stereocenters. The number of piperidine rings is 1. The van der Waals surface area contributed by atoms with Crippen LogP contribution in [0.1, 0.15) is 12.8 Å². The molecule has 2 rings (SSSR count). The zero-order valence-electron chi connectivity index (χ0n) is 7.66. The van der Waals surface area contributed by atoms with Crippen LogP contribution in [0, 0.1) is 5.92 Å². The number of aliphatic hydroxyl groups is 1. The zero-order chi connectivity index (χ0) is 8.55. The molecule has 1 saturated carbocycles. The molecule has 2 bridgehead atoms. The van der Waals surface area contributed by atoms with Crippen molar-refractivity contribution in [3.8, 4) is 0 Å². The van der Waals surface area contributed by atoms with Gasteiger partial charge < -0.3 is 15.3 Å². The molecule has 1 heterocycles. The summed E-state index contributed by atoms with van der Waals surface area (Å²) in [5, 5.41) is 12.1. The fraction of sp³-hybridized carbons (Fsp3) is 1.00. The van der Waals surface area contributed by atoms with E-state index in [4.69, 9.17) is 5.11 Å². The standard InChI is InChI=1S/C9H18N2O/c1-11-6-7-4-8(11)5-9(7)10-2-3-12/h7-10,12H,2-6H2,1H3. The van der Waals surface area contributed by atoms with E-state index in [0.717, 1.165) is 18.5 Å². The molecule has 12 heavy (non-hydrogen) atoms. The van der Waals surface area contributed by atoms with Gasteiger partial charge >= 0.3 is 0 Å². The number of nitrogens with one attached hydrogen (secondary N) is 1. The fourth-order valence-corrected chi connectivity index (χ4v) is 2.68. The Bertz CT molecular complexity index is 161. The quantitative estimate of drug-likeness (QED) is 0.608. The van der Waals surface area contributed by atoms with Crippen LogP contribution >= 0.6 is 0 Å². The minimum Gasteiger partial charge on any atom is -0.395 e. The second-order valence-corrected chi connectivity index (χ2v) is 4.11. The van der Waals surface area contributed by atoms with Crippen LogP contribution in [0.5, 0.6) is 0 Å². The maximum absolute atomic E-state index is 8.68. The molecule has 0 radical (unpaired) electrons. The van der Waals surface area contributed by atoms with Crippen molar-refractivity contribution in [2.24, 2.45) is 5.92 Å². The van der Waals surface area contributed by atoms with Crippen LogP contribution in [-0.2, 0) is 0 Å². The lowest BCUT2D eigenvalue weighted by Crippen LogP contribution is -2.43. The van der Waals surface area contributed by atoms with Crippen molar-refractivity contribution < 1.29 is 5.11 Å². The lowest BCUT2D eigenvalue weighted by Gasteiger charge is -2.28. The SMILES string of the molecule is CN1CC2CC1CC2NCCO. The van der Waals surface area contributed by atoms with Crippen LogP contribution in [0.3, 0.4) is 0 Å². The summed E-state index contributed by atoms with van der Waals surface area (Å²) in [5.74, 6) is 0.839. The van der Waals surface area contributed by atoms with E-state index in [0.29, 0.717) is 6.04 Å². The summed E-state index contributed by atoms with van der Waals surface area (Å²) in [6.45, 7) is 2.27.